The van der Waals surface area contributed by atoms with Crippen LogP contribution in [0.25, 0.3) is 5.65 Å². The fourth-order valence-electron chi connectivity index (χ4n) is 2.56. The van der Waals surface area contributed by atoms with E-state index in [2.05, 4.69) is 4.98 Å². The van der Waals surface area contributed by atoms with E-state index in [1.54, 1.807) is 12.3 Å². The number of fused-ring (bicyclic) bond motifs is 1. The van der Waals surface area contributed by atoms with Crippen LogP contribution in [0.4, 0.5) is 0 Å². The maximum atomic E-state index is 12.3. The fraction of sp³-hybridized carbons (Fsp3) is 0.222. The Kier molecular flexibility index (Phi) is 4.63. The summed E-state index contributed by atoms with van der Waals surface area (Å²) in [4.78, 5) is 16.8. The van der Waals surface area contributed by atoms with Crippen molar-refractivity contribution in [3.63, 3.8) is 0 Å². The van der Waals surface area contributed by atoms with Gasteiger partial charge in [-0.3, -0.25) is 4.79 Å². The first kappa shape index (κ1) is 15.6. The number of hydrogen-bond donors (Lipinski definition) is 0. The number of halogens is 1. The van der Waals surface area contributed by atoms with Crippen molar-refractivity contribution in [2.24, 2.45) is 0 Å². The van der Waals surface area contributed by atoms with Crippen LogP contribution < -0.4 is 0 Å². The molecule has 0 spiro atoms. The molecule has 2 aromatic heterocycles. The van der Waals surface area contributed by atoms with Crippen LogP contribution in [-0.4, -0.2) is 15.4 Å². The van der Waals surface area contributed by atoms with E-state index in [1.807, 2.05) is 53.9 Å². The molecule has 0 radical (unpaired) electrons. The number of ether oxygens (including phenoxy) is 1. The molecule has 118 valence electrons. The Morgan fingerprint density at radius 1 is 1.22 bits per heavy atom. The molecule has 0 saturated carbocycles. The molecule has 0 saturated heterocycles. The van der Waals surface area contributed by atoms with E-state index in [4.69, 9.17) is 16.3 Å². The molecule has 5 heteroatoms. The number of pyridine rings is 1. The molecule has 0 bridgehead atoms. The van der Waals surface area contributed by atoms with Gasteiger partial charge in [-0.15, -0.1) is 0 Å². The summed E-state index contributed by atoms with van der Waals surface area (Å²) in [7, 11) is 0. The van der Waals surface area contributed by atoms with E-state index < -0.39 is 0 Å². The largest absolute Gasteiger partial charge is 0.459 e. The molecule has 0 amide bonds. The summed E-state index contributed by atoms with van der Waals surface area (Å²) in [6.07, 6.45) is 4.29. The highest BCUT2D eigenvalue weighted by Crippen LogP contribution is 2.21. The van der Waals surface area contributed by atoms with Crippen molar-refractivity contribution in [1.29, 1.82) is 0 Å². The van der Waals surface area contributed by atoms with Gasteiger partial charge < -0.3 is 9.14 Å². The van der Waals surface area contributed by atoms with Crippen LogP contribution >= 0.6 is 11.6 Å². The minimum Gasteiger partial charge on any atom is -0.459 e. The molecule has 2 heterocycles. The van der Waals surface area contributed by atoms with Crippen LogP contribution in [0.5, 0.6) is 0 Å². The van der Waals surface area contributed by atoms with Gasteiger partial charge in [-0.2, -0.15) is 0 Å². The Labute approximate surface area is 139 Å². The van der Waals surface area contributed by atoms with Gasteiger partial charge in [0.25, 0.3) is 0 Å². The van der Waals surface area contributed by atoms with Gasteiger partial charge in [0.2, 0.25) is 0 Å². The van der Waals surface area contributed by atoms with Gasteiger partial charge >= 0.3 is 5.97 Å². The van der Waals surface area contributed by atoms with E-state index in [1.165, 1.54) is 0 Å². The molecule has 1 atom stereocenters. The molecule has 0 fully saturated rings. The number of hydrogen-bond acceptors (Lipinski definition) is 3. The van der Waals surface area contributed by atoms with Crippen LogP contribution in [0, 0.1) is 0 Å². The highest BCUT2D eigenvalue weighted by molar-refractivity contribution is 6.30. The fourth-order valence-corrected chi connectivity index (χ4v) is 2.72. The first-order chi connectivity index (χ1) is 11.2. The quantitative estimate of drug-likeness (QED) is 0.658. The molecule has 3 aromatic rings. The molecule has 0 aliphatic rings. The molecular weight excluding hydrogens is 312 g/mol. The van der Waals surface area contributed by atoms with Gasteiger partial charge in [0, 0.05) is 12.4 Å². The summed E-state index contributed by atoms with van der Waals surface area (Å²) < 4.78 is 7.27. The molecule has 4 nitrogen and oxygen atoms in total. The smallest absolute Gasteiger partial charge is 0.313 e. The van der Waals surface area contributed by atoms with Gasteiger partial charge in [0.05, 0.1) is 16.6 Å². The monoisotopic (exact) mass is 328 g/mol. The van der Waals surface area contributed by atoms with E-state index in [9.17, 15) is 4.79 Å². The molecule has 3 rings (SSSR count). The zero-order chi connectivity index (χ0) is 16.2. The second kappa shape index (κ2) is 6.84. The maximum absolute atomic E-state index is 12.3. The van der Waals surface area contributed by atoms with Crippen molar-refractivity contribution < 1.29 is 9.53 Å². The lowest BCUT2D eigenvalue weighted by Crippen LogP contribution is -2.15. The first-order valence-electron chi connectivity index (χ1n) is 7.52. The number of rotatable bonds is 5. The minimum absolute atomic E-state index is 0.154. The standard InChI is InChI=1S/C18H17ClN2O2/c1-2-16(13-6-4-3-5-7-13)18(22)23-12-15-11-21-10-14(19)8-9-17(21)20-15/h3-11,16H,2,12H2,1H3/t16-/m0/s1. The van der Waals surface area contributed by atoms with Crippen LogP contribution in [0.2, 0.25) is 5.02 Å². The van der Waals surface area contributed by atoms with Crippen molar-refractivity contribution >= 4 is 23.2 Å². The Bertz CT molecular complexity index is 814. The molecule has 23 heavy (non-hydrogen) atoms. The van der Waals surface area contributed by atoms with E-state index in [-0.39, 0.29) is 18.5 Å². The number of benzene rings is 1. The molecular formula is C18H17ClN2O2. The summed E-state index contributed by atoms with van der Waals surface area (Å²) >= 11 is 5.95. The normalized spacial score (nSPS) is 12.3. The van der Waals surface area contributed by atoms with Crippen LogP contribution in [-0.2, 0) is 16.1 Å². The summed E-state index contributed by atoms with van der Waals surface area (Å²) in [5.41, 5.74) is 2.45. The molecule has 0 aliphatic carbocycles. The average Bonchev–Trinajstić information content (AvgIpc) is 2.96. The topological polar surface area (TPSA) is 43.6 Å². The lowest BCUT2D eigenvalue weighted by molar-refractivity contribution is -0.147. The third-order valence-corrected chi connectivity index (χ3v) is 3.95. The Balaban J connectivity index is 1.69. The summed E-state index contributed by atoms with van der Waals surface area (Å²) in [5.74, 6) is -0.475. The predicted molar refractivity (Wildman–Crippen MR) is 89.5 cm³/mol. The zero-order valence-corrected chi connectivity index (χ0v) is 13.5. The molecule has 0 N–H and O–H groups in total. The van der Waals surface area contributed by atoms with Crippen molar-refractivity contribution in [3.05, 3.63) is 71.1 Å². The van der Waals surface area contributed by atoms with E-state index in [0.29, 0.717) is 17.1 Å². The van der Waals surface area contributed by atoms with Crippen molar-refractivity contribution in [1.82, 2.24) is 9.38 Å². The van der Waals surface area contributed by atoms with Gasteiger partial charge in [-0.25, -0.2) is 4.98 Å². The third-order valence-electron chi connectivity index (χ3n) is 3.72. The highest BCUT2D eigenvalue weighted by atomic mass is 35.5. The number of carbonyl (C=O) groups excluding carboxylic acids is 1. The third kappa shape index (κ3) is 3.54. The maximum Gasteiger partial charge on any atom is 0.313 e. The number of aromatic nitrogens is 2. The van der Waals surface area contributed by atoms with Gasteiger partial charge in [0.15, 0.2) is 0 Å². The predicted octanol–water partition coefficient (Wildman–Crippen LogP) is 4.22. The van der Waals surface area contributed by atoms with E-state index in [0.717, 1.165) is 11.2 Å². The minimum atomic E-state index is -0.248. The summed E-state index contributed by atoms with van der Waals surface area (Å²) in [6.45, 7) is 2.13. The highest BCUT2D eigenvalue weighted by Gasteiger charge is 2.20. The molecule has 0 unspecified atom stereocenters. The number of carbonyl (C=O) groups is 1. The van der Waals surface area contributed by atoms with Crippen molar-refractivity contribution in [2.45, 2.75) is 25.9 Å². The summed E-state index contributed by atoms with van der Waals surface area (Å²) in [6, 6.07) is 13.3. The lowest BCUT2D eigenvalue weighted by Gasteiger charge is -2.13. The molecule has 1 aromatic carbocycles. The average molecular weight is 329 g/mol. The second-order valence-electron chi connectivity index (χ2n) is 5.32. The van der Waals surface area contributed by atoms with Crippen LogP contribution in [0.1, 0.15) is 30.5 Å². The number of nitrogens with zero attached hydrogens (tertiary/aromatic N) is 2. The Hall–Kier alpha value is -2.33. The number of imidazole rings is 1. The molecule has 0 aliphatic heterocycles. The Morgan fingerprint density at radius 2 is 2.00 bits per heavy atom. The SMILES string of the molecule is CC[C@H](C(=O)OCc1cn2cc(Cl)ccc2n1)c1ccccc1. The van der Waals surface area contributed by atoms with Gasteiger partial charge in [-0.1, -0.05) is 48.9 Å². The van der Waals surface area contributed by atoms with Crippen molar-refractivity contribution in [3.8, 4) is 0 Å². The van der Waals surface area contributed by atoms with Gasteiger partial charge in [-0.05, 0) is 24.1 Å². The first-order valence-corrected chi connectivity index (χ1v) is 7.90. The zero-order valence-electron chi connectivity index (χ0n) is 12.8. The van der Waals surface area contributed by atoms with Gasteiger partial charge in [0.1, 0.15) is 12.3 Å². The lowest BCUT2D eigenvalue weighted by atomic mass is 9.97. The van der Waals surface area contributed by atoms with Crippen molar-refractivity contribution in [2.75, 3.05) is 0 Å². The van der Waals surface area contributed by atoms with E-state index >= 15 is 0 Å². The van der Waals surface area contributed by atoms with Crippen LogP contribution in [0.15, 0.2) is 54.9 Å². The Morgan fingerprint density at radius 3 is 2.74 bits per heavy atom. The second-order valence-corrected chi connectivity index (χ2v) is 5.76. The summed E-state index contributed by atoms with van der Waals surface area (Å²) in [5, 5.41) is 0.633. The number of esters is 1. The van der Waals surface area contributed by atoms with Crippen LogP contribution in [0.3, 0.4) is 0 Å².